The Hall–Kier alpha value is -3.47. The summed E-state index contributed by atoms with van der Waals surface area (Å²) in [5, 5.41) is 3.13. The molecule has 1 atom stereocenters. The van der Waals surface area contributed by atoms with Gasteiger partial charge in [-0.25, -0.2) is 0 Å². The van der Waals surface area contributed by atoms with E-state index in [-0.39, 0.29) is 23.1 Å². The number of piperidine rings is 1. The van der Waals surface area contributed by atoms with Gasteiger partial charge in [0.15, 0.2) is 0 Å². The van der Waals surface area contributed by atoms with E-state index in [2.05, 4.69) is 41.5 Å². The second-order valence-corrected chi connectivity index (χ2v) is 10.1. The zero-order chi connectivity index (χ0) is 24.3. The lowest BCUT2D eigenvalue weighted by molar-refractivity contribution is -0.123. The number of rotatable bonds is 7. The molecule has 2 amide bonds. The third kappa shape index (κ3) is 5.29. The second-order valence-electron chi connectivity index (χ2n) is 10.1. The molecule has 5 heteroatoms. The smallest absolute Gasteiger partial charge is 0.253 e. The molecule has 1 spiro atoms. The van der Waals surface area contributed by atoms with Gasteiger partial charge in [-0.3, -0.25) is 14.6 Å². The van der Waals surface area contributed by atoms with E-state index in [9.17, 15) is 9.59 Å². The molecule has 5 nitrogen and oxygen atoms in total. The first-order chi connectivity index (χ1) is 17.0. The lowest BCUT2D eigenvalue weighted by Crippen LogP contribution is -2.40. The maximum Gasteiger partial charge on any atom is 0.253 e. The average Bonchev–Trinajstić information content (AvgIpc) is 3.61. The molecule has 3 aromatic rings. The van der Waals surface area contributed by atoms with Crippen molar-refractivity contribution in [1.82, 2.24) is 15.2 Å². The van der Waals surface area contributed by atoms with Crippen molar-refractivity contribution in [3.8, 4) is 11.1 Å². The molecule has 1 saturated heterocycles. The Labute approximate surface area is 207 Å². The van der Waals surface area contributed by atoms with Crippen molar-refractivity contribution in [3.63, 3.8) is 0 Å². The number of amides is 2. The number of hydrogen-bond donors (Lipinski definition) is 1. The highest BCUT2D eigenvalue weighted by Crippen LogP contribution is 2.59. The summed E-state index contributed by atoms with van der Waals surface area (Å²) in [5.41, 5.74) is 5.59. The van der Waals surface area contributed by atoms with Crippen LogP contribution in [-0.4, -0.2) is 41.3 Å². The molecule has 1 aliphatic carbocycles. The first-order valence-electron chi connectivity index (χ1n) is 12.7. The first kappa shape index (κ1) is 23.3. The Morgan fingerprint density at radius 3 is 2.23 bits per heavy atom. The van der Waals surface area contributed by atoms with Gasteiger partial charge >= 0.3 is 0 Å². The van der Waals surface area contributed by atoms with E-state index in [1.54, 1.807) is 12.4 Å². The van der Waals surface area contributed by atoms with Crippen LogP contribution in [0.25, 0.3) is 11.1 Å². The van der Waals surface area contributed by atoms with Gasteiger partial charge in [0.1, 0.15) is 0 Å². The van der Waals surface area contributed by atoms with Crippen molar-refractivity contribution in [2.75, 3.05) is 19.6 Å². The van der Waals surface area contributed by atoms with E-state index in [1.165, 1.54) is 11.1 Å². The third-order valence-corrected chi connectivity index (χ3v) is 7.76. The lowest BCUT2D eigenvalue weighted by atomic mass is 9.90. The van der Waals surface area contributed by atoms with Crippen LogP contribution in [0.1, 0.15) is 47.2 Å². The number of carbonyl (C=O) groups excluding carboxylic acids is 2. The fourth-order valence-corrected chi connectivity index (χ4v) is 5.34. The summed E-state index contributed by atoms with van der Waals surface area (Å²) in [4.78, 5) is 31.8. The summed E-state index contributed by atoms with van der Waals surface area (Å²) in [6.07, 6.45) is 8.27. The molecule has 1 aromatic heterocycles. The van der Waals surface area contributed by atoms with Gasteiger partial charge in [-0.1, -0.05) is 42.0 Å². The van der Waals surface area contributed by atoms with E-state index in [1.807, 2.05) is 41.3 Å². The number of carbonyl (C=O) groups is 2. The van der Waals surface area contributed by atoms with Gasteiger partial charge in [-0.2, -0.15) is 0 Å². The minimum atomic E-state index is 0.0908. The van der Waals surface area contributed by atoms with Crippen LogP contribution in [0.2, 0.25) is 0 Å². The molecule has 1 aliphatic heterocycles. The van der Waals surface area contributed by atoms with Crippen LogP contribution in [0.4, 0.5) is 0 Å². The van der Waals surface area contributed by atoms with E-state index < -0.39 is 0 Å². The summed E-state index contributed by atoms with van der Waals surface area (Å²) >= 11 is 0. The topological polar surface area (TPSA) is 62.3 Å². The molecule has 180 valence electrons. The number of likely N-dealkylation sites (tertiary alicyclic amines) is 1. The van der Waals surface area contributed by atoms with Crippen LogP contribution in [0.5, 0.6) is 0 Å². The average molecular weight is 468 g/mol. The van der Waals surface area contributed by atoms with E-state index >= 15 is 0 Å². The van der Waals surface area contributed by atoms with Gasteiger partial charge in [0.2, 0.25) is 5.91 Å². The number of hydrogen-bond acceptors (Lipinski definition) is 3. The first-order valence-corrected chi connectivity index (χ1v) is 12.7. The summed E-state index contributed by atoms with van der Waals surface area (Å²) in [7, 11) is 0. The van der Waals surface area contributed by atoms with Crippen molar-refractivity contribution in [3.05, 3.63) is 89.7 Å². The predicted octanol–water partition coefficient (Wildman–Crippen LogP) is 5.05. The third-order valence-electron chi connectivity index (χ3n) is 7.76. The molecular weight excluding hydrogens is 434 g/mol. The Balaban J connectivity index is 1.08. The SMILES string of the molecule is Cc1ccc(-c2ccc(C(=O)N3CCC4(CC3)C[C@H]4C(=O)NCCCc3ccncc3)cc2)cc1. The summed E-state index contributed by atoms with van der Waals surface area (Å²) in [5.74, 6) is 0.383. The maximum absolute atomic E-state index is 13.1. The molecule has 2 fully saturated rings. The molecule has 1 N–H and O–H groups in total. The van der Waals surface area contributed by atoms with Gasteiger partial charge in [0.25, 0.3) is 5.91 Å². The highest BCUT2D eigenvalue weighted by Gasteiger charge is 2.58. The molecule has 2 aliphatic rings. The molecule has 35 heavy (non-hydrogen) atoms. The van der Waals surface area contributed by atoms with Crippen LogP contribution < -0.4 is 5.32 Å². The van der Waals surface area contributed by atoms with Crippen molar-refractivity contribution < 1.29 is 9.59 Å². The number of aryl methyl sites for hydroxylation is 2. The van der Waals surface area contributed by atoms with E-state index in [0.717, 1.165) is 61.9 Å². The van der Waals surface area contributed by atoms with Crippen LogP contribution in [0.3, 0.4) is 0 Å². The molecule has 2 heterocycles. The molecule has 0 bridgehead atoms. The highest BCUT2D eigenvalue weighted by molar-refractivity contribution is 5.95. The minimum absolute atomic E-state index is 0.0908. The number of benzene rings is 2. The molecule has 0 radical (unpaired) electrons. The van der Waals surface area contributed by atoms with Crippen LogP contribution in [0.15, 0.2) is 73.1 Å². The summed E-state index contributed by atoms with van der Waals surface area (Å²) < 4.78 is 0. The maximum atomic E-state index is 13.1. The van der Waals surface area contributed by atoms with Gasteiger partial charge in [-0.15, -0.1) is 0 Å². The van der Waals surface area contributed by atoms with Crippen LogP contribution in [0, 0.1) is 18.3 Å². The summed E-state index contributed by atoms with van der Waals surface area (Å²) in [6, 6.07) is 20.4. The van der Waals surface area contributed by atoms with Gasteiger partial charge < -0.3 is 10.2 Å². The van der Waals surface area contributed by atoms with Crippen molar-refractivity contribution in [2.45, 2.75) is 39.0 Å². The largest absolute Gasteiger partial charge is 0.356 e. The summed E-state index contributed by atoms with van der Waals surface area (Å²) in [6.45, 7) is 4.24. The van der Waals surface area contributed by atoms with Crippen molar-refractivity contribution >= 4 is 11.8 Å². The highest BCUT2D eigenvalue weighted by atomic mass is 16.2. The quantitative estimate of drug-likeness (QED) is 0.495. The predicted molar refractivity (Wildman–Crippen MR) is 138 cm³/mol. The van der Waals surface area contributed by atoms with Gasteiger partial charge in [0, 0.05) is 43.5 Å². The fraction of sp³-hybridized carbons (Fsp3) is 0.367. The number of aromatic nitrogens is 1. The molecule has 1 saturated carbocycles. The second kappa shape index (κ2) is 10.0. The number of pyridine rings is 1. The van der Waals surface area contributed by atoms with E-state index in [4.69, 9.17) is 0 Å². The Morgan fingerprint density at radius 2 is 1.57 bits per heavy atom. The van der Waals surface area contributed by atoms with Crippen molar-refractivity contribution in [2.24, 2.45) is 11.3 Å². The van der Waals surface area contributed by atoms with Crippen molar-refractivity contribution in [1.29, 1.82) is 0 Å². The Morgan fingerprint density at radius 1 is 0.943 bits per heavy atom. The Bertz CT molecular complexity index is 1160. The minimum Gasteiger partial charge on any atom is -0.356 e. The normalized spacial score (nSPS) is 18.3. The van der Waals surface area contributed by atoms with E-state index in [0.29, 0.717) is 6.54 Å². The monoisotopic (exact) mass is 467 g/mol. The van der Waals surface area contributed by atoms with Gasteiger partial charge in [-0.05, 0) is 85.4 Å². The molecular formula is C30H33N3O2. The standard InChI is InChI=1S/C30H33N3O2/c1-22-4-6-24(7-5-22)25-8-10-26(11-9-25)29(35)33-19-14-30(15-20-33)21-27(30)28(34)32-16-2-3-23-12-17-31-18-13-23/h4-13,17-18,27H,2-3,14-16,19-21H2,1H3,(H,32,34)/t27-/m0/s1. The zero-order valence-corrected chi connectivity index (χ0v) is 20.4. The van der Waals surface area contributed by atoms with Crippen LogP contribution in [-0.2, 0) is 11.2 Å². The molecule has 5 rings (SSSR count). The number of nitrogens with one attached hydrogen (secondary N) is 1. The molecule has 0 unspecified atom stereocenters. The Kier molecular flexibility index (Phi) is 6.67. The number of nitrogens with zero attached hydrogens (tertiary/aromatic N) is 2. The van der Waals surface area contributed by atoms with Gasteiger partial charge in [0.05, 0.1) is 0 Å². The fourth-order valence-electron chi connectivity index (χ4n) is 5.34. The molecule has 2 aromatic carbocycles. The zero-order valence-electron chi connectivity index (χ0n) is 20.4. The van der Waals surface area contributed by atoms with Crippen LogP contribution >= 0.6 is 0 Å². The lowest BCUT2D eigenvalue weighted by Gasteiger charge is -2.33.